The number of aryl methyl sites for hydroxylation is 1. The van der Waals surface area contributed by atoms with Crippen molar-refractivity contribution in [3.8, 4) is 0 Å². The zero-order valence-electron chi connectivity index (χ0n) is 7.56. The van der Waals surface area contributed by atoms with E-state index in [1.165, 1.54) is 12.1 Å². The zero-order valence-corrected chi connectivity index (χ0v) is 9.27. The quantitative estimate of drug-likeness (QED) is 0.408. The van der Waals surface area contributed by atoms with E-state index in [0.717, 1.165) is 11.1 Å². The highest BCUT2D eigenvalue weighted by atomic mass is 32.2. The molecule has 0 aliphatic carbocycles. The van der Waals surface area contributed by atoms with Crippen molar-refractivity contribution in [2.45, 2.75) is 17.6 Å². The van der Waals surface area contributed by atoms with Gasteiger partial charge in [-0.15, -0.1) is 0 Å². The fraction of sp³-hybridized carbons (Fsp3) is 0.250. The van der Waals surface area contributed by atoms with Crippen molar-refractivity contribution in [2.24, 2.45) is 0 Å². The summed E-state index contributed by atoms with van der Waals surface area (Å²) in [4.78, 5) is -0.250. The van der Waals surface area contributed by atoms with Crippen LogP contribution in [0.4, 0.5) is 5.69 Å². The lowest BCUT2D eigenvalue weighted by atomic mass is 10.1. The van der Waals surface area contributed by atoms with Crippen LogP contribution < -0.4 is 5.73 Å². The smallest absolute Gasteiger partial charge is 0.296 e. The summed E-state index contributed by atoms with van der Waals surface area (Å²) in [6.45, 7) is 1.74. The summed E-state index contributed by atoms with van der Waals surface area (Å²) < 4.78 is 30.6. The molecule has 0 amide bonds. The first-order chi connectivity index (χ1) is 6.36. The Morgan fingerprint density at radius 2 is 2.07 bits per heavy atom. The highest BCUT2D eigenvalue weighted by Gasteiger charge is 2.15. The fourth-order valence-electron chi connectivity index (χ4n) is 1.14. The number of nitrogens with two attached hydrogens (primary N) is 1. The van der Waals surface area contributed by atoms with Crippen LogP contribution in [0.2, 0.25) is 0 Å². The molecule has 0 aromatic heterocycles. The number of anilines is 1. The number of rotatable bonds is 2. The molecular weight excluding hydrogens is 222 g/mol. The van der Waals surface area contributed by atoms with Crippen LogP contribution in [0, 0.1) is 6.92 Å². The third-order valence-corrected chi connectivity index (χ3v) is 3.17. The molecule has 3 N–H and O–H groups in total. The molecule has 0 saturated heterocycles. The molecule has 1 rings (SSSR count). The van der Waals surface area contributed by atoms with Gasteiger partial charge in [0.05, 0.1) is 5.69 Å². The van der Waals surface area contributed by atoms with Gasteiger partial charge in [-0.25, -0.2) is 0 Å². The second-order valence-electron chi connectivity index (χ2n) is 2.95. The molecule has 0 bridgehead atoms. The van der Waals surface area contributed by atoms with E-state index in [4.69, 9.17) is 10.3 Å². The third kappa shape index (κ3) is 2.20. The summed E-state index contributed by atoms with van der Waals surface area (Å²) in [5.74, 6) is 0.474. The highest BCUT2D eigenvalue weighted by molar-refractivity contribution is 7.86. The Hall–Kier alpha value is -0.720. The van der Waals surface area contributed by atoms with Gasteiger partial charge in [0.1, 0.15) is 4.90 Å². The van der Waals surface area contributed by atoms with Crippen LogP contribution in [-0.4, -0.2) is 13.0 Å². The second kappa shape index (κ2) is 3.80. The molecule has 78 valence electrons. The first kappa shape index (κ1) is 11.4. The highest BCUT2D eigenvalue weighted by Crippen LogP contribution is 2.23. The molecule has 0 unspecified atom stereocenters. The molecule has 1 aromatic carbocycles. The molecule has 0 spiro atoms. The van der Waals surface area contributed by atoms with Gasteiger partial charge in [0, 0.05) is 5.75 Å². The lowest BCUT2D eigenvalue weighted by Crippen LogP contribution is -2.04. The van der Waals surface area contributed by atoms with Crippen molar-refractivity contribution in [3.63, 3.8) is 0 Å². The van der Waals surface area contributed by atoms with Crippen molar-refractivity contribution in [1.82, 2.24) is 0 Å². The van der Waals surface area contributed by atoms with Gasteiger partial charge in [-0.05, 0) is 30.2 Å². The normalized spacial score (nSPS) is 11.6. The van der Waals surface area contributed by atoms with Gasteiger partial charge in [0.15, 0.2) is 0 Å². The van der Waals surface area contributed by atoms with E-state index in [0.29, 0.717) is 5.75 Å². The molecule has 0 radical (unpaired) electrons. The van der Waals surface area contributed by atoms with Gasteiger partial charge < -0.3 is 5.73 Å². The predicted molar refractivity (Wildman–Crippen MR) is 58.1 cm³/mol. The molecular formula is C8H11NO3S2. The molecule has 0 atom stereocenters. The summed E-state index contributed by atoms with van der Waals surface area (Å²) in [5, 5.41) is 0. The van der Waals surface area contributed by atoms with Crippen molar-refractivity contribution >= 4 is 28.4 Å². The van der Waals surface area contributed by atoms with Crippen LogP contribution in [-0.2, 0) is 15.9 Å². The SMILES string of the molecule is Cc1cc(S(=O)(=O)O)c(N)cc1CS. The molecule has 1 aromatic rings. The van der Waals surface area contributed by atoms with Gasteiger partial charge in [-0.3, -0.25) is 4.55 Å². The van der Waals surface area contributed by atoms with Crippen molar-refractivity contribution in [2.75, 3.05) is 5.73 Å². The Morgan fingerprint density at radius 3 is 2.50 bits per heavy atom. The van der Waals surface area contributed by atoms with E-state index in [-0.39, 0.29) is 10.6 Å². The molecule has 14 heavy (non-hydrogen) atoms. The third-order valence-electron chi connectivity index (χ3n) is 1.92. The van der Waals surface area contributed by atoms with E-state index in [1.807, 2.05) is 0 Å². The van der Waals surface area contributed by atoms with Gasteiger partial charge in [-0.2, -0.15) is 21.0 Å². The largest absolute Gasteiger partial charge is 0.398 e. The number of nitrogen functional groups attached to an aromatic ring is 1. The van der Waals surface area contributed by atoms with E-state index in [9.17, 15) is 8.42 Å². The first-order valence-corrected chi connectivity index (χ1v) is 5.91. The molecule has 0 aliphatic heterocycles. The minimum atomic E-state index is -4.23. The zero-order chi connectivity index (χ0) is 10.9. The second-order valence-corrected chi connectivity index (χ2v) is 4.66. The van der Waals surface area contributed by atoms with E-state index in [2.05, 4.69) is 12.6 Å². The maximum absolute atomic E-state index is 10.9. The standard InChI is InChI=1S/C8H11NO3S2/c1-5-2-8(14(10,11)12)7(9)3-6(5)4-13/h2-3,13H,4,9H2,1H3,(H,10,11,12). The Balaban J connectivity index is 3.44. The predicted octanol–water partition coefficient (Wildman–Crippen LogP) is 1.25. The van der Waals surface area contributed by atoms with Crippen molar-refractivity contribution < 1.29 is 13.0 Å². The monoisotopic (exact) mass is 233 g/mol. The average molecular weight is 233 g/mol. The van der Waals surface area contributed by atoms with Gasteiger partial charge in [0.25, 0.3) is 10.1 Å². The summed E-state index contributed by atoms with van der Waals surface area (Å²) in [5.41, 5.74) is 7.11. The lowest BCUT2D eigenvalue weighted by molar-refractivity contribution is 0.483. The van der Waals surface area contributed by atoms with Crippen LogP contribution in [0.1, 0.15) is 11.1 Å². The van der Waals surface area contributed by atoms with Crippen LogP contribution in [0.5, 0.6) is 0 Å². The molecule has 0 fully saturated rings. The molecule has 0 aliphatic rings. The number of hydrogen-bond acceptors (Lipinski definition) is 4. The Labute approximate surface area is 88.3 Å². The molecule has 0 heterocycles. The van der Waals surface area contributed by atoms with Crippen LogP contribution in [0.15, 0.2) is 17.0 Å². The topological polar surface area (TPSA) is 80.4 Å². The molecule has 6 heteroatoms. The van der Waals surface area contributed by atoms with Crippen LogP contribution >= 0.6 is 12.6 Å². The minimum Gasteiger partial charge on any atom is -0.398 e. The van der Waals surface area contributed by atoms with Gasteiger partial charge in [-0.1, -0.05) is 0 Å². The Kier molecular flexibility index (Phi) is 3.08. The number of benzene rings is 1. The van der Waals surface area contributed by atoms with Crippen molar-refractivity contribution in [3.05, 3.63) is 23.3 Å². The summed E-state index contributed by atoms with van der Waals surface area (Å²) in [6, 6.07) is 2.85. The summed E-state index contributed by atoms with van der Waals surface area (Å²) in [6.07, 6.45) is 0. The maximum Gasteiger partial charge on any atom is 0.296 e. The van der Waals surface area contributed by atoms with E-state index in [1.54, 1.807) is 6.92 Å². The average Bonchev–Trinajstić information content (AvgIpc) is 2.06. The minimum absolute atomic E-state index is 0.0437. The summed E-state index contributed by atoms with van der Waals surface area (Å²) in [7, 11) is -4.23. The van der Waals surface area contributed by atoms with Crippen molar-refractivity contribution in [1.29, 1.82) is 0 Å². The van der Waals surface area contributed by atoms with Crippen LogP contribution in [0.25, 0.3) is 0 Å². The van der Waals surface area contributed by atoms with E-state index < -0.39 is 10.1 Å². The lowest BCUT2D eigenvalue weighted by Gasteiger charge is -2.07. The van der Waals surface area contributed by atoms with E-state index >= 15 is 0 Å². The number of thiol groups is 1. The van der Waals surface area contributed by atoms with Gasteiger partial charge >= 0.3 is 0 Å². The van der Waals surface area contributed by atoms with Crippen LogP contribution in [0.3, 0.4) is 0 Å². The Morgan fingerprint density at radius 1 is 1.50 bits per heavy atom. The fourth-order valence-corrected chi connectivity index (χ4v) is 2.16. The molecule has 0 saturated carbocycles. The van der Waals surface area contributed by atoms with Gasteiger partial charge in [0.2, 0.25) is 0 Å². The first-order valence-electron chi connectivity index (χ1n) is 3.83. The Bertz CT molecular complexity index is 454. The maximum atomic E-state index is 10.9. The number of hydrogen-bond donors (Lipinski definition) is 3. The summed E-state index contributed by atoms with van der Waals surface area (Å²) >= 11 is 4.07. The molecule has 4 nitrogen and oxygen atoms in total.